The Morgan fingerprint density at radius 2 is 1.83 bits per heavy atom. The Kier molecular flexibility index (Phi) is 3.72. The molecule has 0 bridgehead atoms. The minimum atomic E-state index is -0.560. The molecule has 0 aliphatic heterocycles. The Balaban J connectivity index is 2.45. The lowest BCUT2D eigenvalue weighted by Gasteiger charge is -2.18. The summed E-state index contributed by atoms with van der Waals surface area (Å²) in [6.07, 6.45) is 0. The number of nitrogens with one attached hydrogen (secondary N) is 1. The average Bonchev–Trinajstić information content (AvgIpc) is 2.33. The first-order valence-corrected chi connectivity index (χ1v) is 5.80. The van der Waals surface area contributed by atoms with Crippen LogP contribution in [0.25, 0.3) is 0 Å². The first kappa shape index (κ1) is 12.7. The molecule has 0 aromatic heterocycles. The van der Waals surface area contributed by atoms with Gasteiger partial charge in [0.2, 0.25) is 0 Å². The third-order valence-corrected chi connectivity index (χ3v) is 2.94. The lowest BCUT2D eigenvalue weighted by molar-refractivity contribution is 0.551. The smallest absolute Gasteiger partial charge is 0.131 e. The molecule has 0 saturated heterocycles. The molecule has 0 saturated carbocycles. The Morgan fingerprint density at radius 1 is 1.06 bits per heavy atom. The Labute approximate surface area is 105 Å². The second-order valence-electron chi connectivity index (χ2n) is 4.30. The van der Waals surface area contributed by atoms with Crippen LogP contribution >= 0.6 is 0 Å². The van der Waals surface area contributed by atoms with E-state index in [4.69, 9.17) is 0 Å². The molecule has 18 heavy (non-hydrogen) atoms. The van der Waals surface area contributed by atoms with Crippen LogP contribution in [0.5, 0.6) is 0 Å². The highest BCUT2D eigenvalue weighted by atomic mass is 19.1. The molecule has 3 heteroatoms. The van der Waals surface area contributed by atoms with Crippen LogP contribution in [0.2, 0.25) is 0 Å². The lowest BCUT2D eigenvalue weighted by atomic mass is 9.97. The SMILES string of the molecule is CNC(c1cccc(C)c1)c1ccc(F)cc1F. The maximum absolute atomic E-state index is 13.8. The van der Waals surface area contributed by atoms with Gasteiger partial charge in [-0.05, 0) is 25.6 Å². The molecule has 2 aromatic rings. The van der Waals surface area contributed by atoms with E-state index in [-0.39, 0.29) is 6.04 Å². The molecule has 1 atom stereocenters. The molecule has 0 fully saturated rings. The Bertz CT molecular complexity index is 552. The predicted molar refractivity (Wildman–Crippen MR) is 68.4 cm³/mol. The van der Waals surface area contributed by atoms with E-state index >= 15 is 0 Å². The normalized spacial score (nSPS) is 12.4. The first-order valence-electron chi connectivity index (χ1n) is 5.80. The van der Waals surface area contributed by atoms with Gasteiger partial charge in [-0.2, -0.15) is 0 Å². The minimum Gasteiger partial charge on any atom is -0.309 e. The van der Waals surface area contributed by atoms with Crippen molar-refractivity contribution in [3.8, 4) is 0 Å². The monoisotopic (exact) mass is 247 g/mol. The summed E-state index contributed by atoms with van der Waals surface area (Å²) >= 11 is 0. The highest BCUT2D eigenvalue weighted by Gasteiger charge is 2.16. The van der Waals surface area contributed by atoms with Gasteiger partial charge >= 0.3 is 0 Å². The van der Waals surface area contributed by atoms with Crippen molar-refractivity contribution in [1.29, 1.82) is 0 Å². The fourth-order valence-electron chi connectivity index (χ4n) is 2.09. The van der Waals surface area contributed by atoms with Crippen molar-refractivity contribution >= 4 is 0 Å². The predicted octanol–water partition coefficient (Wildman–Crippen LogP) is 3.58. The first-order chi connectivity index (χ1) is 8.61. The van der Waals surface area contributed by atoms with Crippen LogP contribution in [-0.2, 0) is 0 Å². The summed E-state index contributed by atoms with van der Waals surface area (Å²) in [6.45, 7) is 1.98. The highest BCUT2D eigenvalue weighted by molar-refractivity contribution is 5.34. The molecule has 1 nitrogen and oxygen atoms in total. The van der Waals surface area contributed by atoms with Crippen molar-refractivity contribution in [1.82, 2.24) is 5.32 Å². The van der Waals surface area contributed by atoms with Crippen LogP contribution in [0.4, 0.5) is 8.78 Å². The van der Waals surface area contributed by atoms with Crippen LogP contribution < -0.4 is 5.32 Å². The third kappa shape index (κ3) is 2.57. The largest absolute Gasteiger partial charge is 0.309 e. The summed E-state index contributed by atoms with van der Waals surface area (Å²) < 4.78 is 26.7. The molecule has 1 unspecified atom stereocenters. The van der Waals surface area contributed by atoms with Crippen LogP contribution in [0.15, 0.2) is 42.5 Å². The van der Waals surface area contributed by atoms with E-state index in [0.29, 0.717) is 5.56 Å². The van der Waals surface area contributed by atoms with Gasteiger partial charge in [0.1, 0.15) is 11.6 Å². The van der Waals surface area contributed by atoms with Gasteiger partial charge in [0, 0.05) is 11.6 Å². The van der Waals surface area contributed by atoms with Gasteiger partial charge in [0.25, 0.3) is 0 Å². The summed E-state index contributed by atoms with van der Waals surface area (Å²) in [5, 5.41) is 3.06. The standard InChI is InChI=1S/C15H15F2N/c1-10-4-3-5-11(8-10)15(18-2)13-7-6-12(16)9-14(13)17/h3-9,15,18H,1-2H3. The maximum Gasteiger partial charge on any atom is 0.131 e. The molecule has 0 spiro atoms. The van der Waals surface area contributed by atoms with Crippen LogP contribution in [0, 0.1) is 18.6 Å². The summed E-state index contributed by atoms with van der Waals surface area (Å²) in [6, 6.07) is 11.2. The maximum atomic E-state index is 13.8. The molecule has 1 N–H and O–H groups in total. The van der Waals surface area contributed by atoms with E-state index in [1.165, 1.54) is 12.1 Å². The molecule has 0 aliphatic rings. The third-order valence-electron chi connectivity index (χ3n) is 2.94. The second-order valence-corrected chi connectivity index (χ2v) is 4.30. The number of hydrogen-bond acceptors (Lipinski definition) is 1. The molecule has 0 amide bonds. The molecule has 2 aromatic carbocycles. The van der Waals surface area contributed by atoms with Gasteiger partial charge in [-0.25, -0.2) is 8.78 Å². The molecule has 2 rings (SSSR count). The van der Waals surface area contributed by atoms with E-state index in [1.807, 2.05) is 31.2 Å². The lowest BCUT2D eigenvalue weighted by Crippen LogP contribution is -2.19. The molecular formula is C15H15F2N. The Hall–Kier alpha value is -1.74. The summed E-state index contributed by atoms with van der Waals surface area (Å²) in [7, 11) is 1.76. The molecule has 0 radical (unpaired) electrons. The van der Waals surface area contributed by atoms with E-state index in [1.54, 1.807) is 7.05 Å². The molecule has 0 aliphatic carbocycles. The molecular weight excluding hydrogens is 232 g/mol. The topological polar surface area (TPSA) is 12.0 Å². The van der Waals surface area contributed by atoms with Crippen molar-refractivity contribution < 1.29 is 8.78 Å². The number of halogens is 2. The quantitative estimate of drug-likeness (QED) is 0.874. The van der Waals surface area contributed by atoms with E-state index in [0.717, 1.165) is 17.2 Å². The highest BCUT2D eigenvalue weighted by Crippen LogP contribution is 2.25. The van der Waals surface area contributed by atoms with E-state index < -0.39 is 11.6 Å². The van der Waals surface area contributed by atoms with Crippen LogP contribution in [-0.4, -0.2) is 7.05 Å². The summed E-state index contributed by atoms with van der Waals surface area (Å²) in [5.41, 5.74) is 2.52. The fourth-order valence-corrected chi connectivity index (χ4v) is 2.09. The van der Waals surface area contributed by atoms with Crippen LogP contribution in [0.3, 0.4) is 0 Å². The summed E-state index contributed by atoms with van der Waals surface area (Å²) in [5.74, 6) is -1.09. The second kappa shape index (κ2) is 5.27. The van der Waals surface area contributed by atoms with Crippen molar-refractivity contribution in [2.24, 2.45) is 0 Å². The van der Waals surface area contributed by atoms with Gasteiger partial charge in [-0.15, -0.1) is 0 Å². The van der Waals surface area contributed by atoms with Crippen molar-refractivity contribution in [2.45, 2.75) is 13.0 Å². The van der Waals surface area contributed by atoms with Crippen molar-refractivity contribution in [3.05, 3.63) is 70.8 Å². The van der Waals surface area contributed by atoms with Gasteiger partial charge in [-0.3, -0.25) is 0 Å². The van der Waals surface area contributed by atoms with Crippen LogP contribution in [0.1, 0.15) is 22.7 Å². The Morgan fingerprint density at radius 3 is 2.44 bits per heavy atom. The summed E-state index contributed by atoms with van der Waals surface area (Å²) in [4.78, 5) is 0. The molecule has 94 valence electrons. The number of aryl methyl sites for hydroxylation is 1. The van der Waals surface area contributed by atoms with E-state index in [9.17, 15) is 8.78 Å². The van der Waals surface area contributed by atoms with Crippen molar-refractivity contribution in [3.63, 3.8) is 0 Å². The zero-order valence-corrected chi connectivity index (χ0v) is 10.4. The number of hydrogen-bond donors (Lipinski definition) is 1. The average molecular weight is 247 g/mol. The zero-order valence-electron chi connectivity index (χ0n) is 10.4. The fraction of sp³-hybridized carbons (Fsp3) is 0.200. The molecule has 0 heterocycles. The van der Waals surface area contributed by atoms with Crippen molar-refractivity contribution in [2.75, 3.05) is 7.05 Å². The number of rotatable bonds is 3. The van der Waals surface area contributed by atoms with Gasteiger partial charge in [0.05, 0.1) is 6.04 Å². The minimum absolute atomic E-state index is 0.273. The van der Waals surface area contributed by atoms with Gasteiger partial charge in [0.15, 0.2) is 0 Å². The van der Waals surface area contributed by atoms with Gasteiger partial charge in [-0.1, -0.05) is 35.9 Å². The number of benzene rings is 2. The zero-order chi connectivity index (χ0) is 13.1. The van der Waals surface area contributed by atoms with Gasteiger partial charge < -0.3 is 5.32 Å². The van der Waals surface area contributed by atoms with E-state index in [2.05, 4.69) is 5.32 Å².